The lowest BCUT2D eigenvalue weighted by atomic mass is 9.99. The number of benzene rings is 1. The average molecular weight is 318 g/mol. The largest absolute Gasteiger partial charge is 0.482 e. The highest BCUT2D eigenvalue weighted by atomic mass is 16.5. The summed E-state index contributed by atoms with van der Waals surface area (Å²) in [6.07, 6.45) is 1.06. The van der Waals surface area contributed by atoms with Crippen molar-refractivity contribution in [2.24, 2.45) is 0 Å². The van der Waals surface area contributed by atoms with Crippen molar-refractivity contribution < 1.29 is 24.2 Å². The number of para-hydroxylation sites is 2. The van der Waals surface area contributed by atoms with Crippen LogP contribution in [0.1, 0.15) is 19.8 Å². The van der Waals surface area contributed by atoms with Gasteiger partial charge in [0.1, 0.15) is 17.8 Å². The Morgan fingerprint density at radius 1 is 1.35 bits per heavy atom. The van der Waals surface area contributed by atoms with Crippen molar-refractivity contribution in [2.75, 3.05) is 24.6 Å². The molecule has 2 aliphatic heterocycles. The molecule has 23 heavy (non-hydrogen) atoms. The Morgan fingerprint density at radius 3 is 2.83 bits per heavy atom. The zero-order chi connectivity index (χ0) is 16.6. The number of carbonyl (C=O) groups excluding carboxylic acids is 2. The highest BCUT2D eigenvalue weighted by Gasteiger charge is 2.46. The molecule has 2 amide bonds. The fraction of sp³-hybridized carbons (Fsp3) is 0.438. The van der Waals surface area contributed by atoms with Crippen LogP contribution in [0.5, 0.6) is 5.75 Å². The van der Waals surface area contributed by atoms with Crippen LogP contribution in [0.4, 0.5) is 5.69 Å². The summed E-state index contributed by atoms with van der Waals surface area (Å²) in [6, 6.07) is 6.99. The van der Waals surface area contributed by atoms with Gasteiger partial charge >= 0.3 is 5.97 Å². The van der Waals surface area contributed by atoms with Crippen LogP contribution in [0.3, 0.4) is 0 Å². The first kappa shape index (κ1) is 15.3. The van der Waals surface area contributed by atoms with Gasteiger partial charge in [-0.3, -0.25) is 14.5 Å². The van der Waals surface area contributed by atoms with Gasteiger partial charge in [0.2, 0.25) is 5.91 Å². The number of rotatable bonds is 3. The van der Waals surface area contributed by atoms with E-state index in [-0.39, 0.29) is 25.0 Å². The minimum atomic E-state index is -1.20. The molecular weight excluding hydrogens is 300 g/mol. The summed E-state index contributed by atoms with van der Waals surface area (Å²) in [4.78, 5) is 39.0. The van der Waals surface area contributed by atoms with Gasteiger partial charge < -0.3 is 14.7 Å². The highest BCUT2D eigenvalue weighted by Crippen LogP contribution is 2.33. The number of hydrogen-bond acceptors (Lipinski definition) is 4. The van der Waals surface area contributed by atoms with Gasteiger partial charge in [0, 0.05) is 6.54 Å². The van der Waals surface area contributed by atoms with Gasteiger partial charge in [-0.15, -0.1) is 0 Å². The second kappa shape index (κ2) is 5.57. The van der Waals surface area contributed by atoms with Crippen molar-refractivity contribution in [1.29, 1.82) is 0 Å². The minimum Gasteiger partial charge on any atom is -0.482 e. The Kier molecular flexibility index (Phi) is 3.71. The summed E-state index contributed by atoms with van der Waals surface area (Å²) in [5.74, 6) is -1.15. The number of anilines is 1. The SMILES string of the molecule is CC1(C(=O)O)CCCN1C(=O)CN1C(=O)COc2ccccc21. The zero-order valence-electron chi connectivity index (χ0n) is 12.8. The van der Waals surface area contributed by atoms with E-state index in [1.165, 1.54) is 9.80 Å². The van der Waals surface area contributed by atoms with Gasteiger partial charge in [0.15, 0.2) is 6.61 Å². The maximum absolute atomic E-state index is 12.6. The van der Waals surface area contributed by atoms with Crippen LogP contribution < -0.4 is 9.64 Å². The molecule has 2 heterocycles. The van der Waals surface area contributed by atoms with Gasteiger partial charge in [-0.25, -0.2) is 4.79 Å². The fourth-order valence-corrected chi connectivity index (χ4v) is 3.13. The molecule has 1 saturated heterocycles. The summed E-state index contributed by atoms with van der Waals surface area (Å²) >= 11 is 0. The van der Waals surface area contributed by atoms with Crippen LogP contribution in [-0.4, -0.2) is 53.0 Å². The van der Waals surface area contributed by atoms with Crippen LogP contribution in [0.25, 0.3) is 0 Å². The summed E-state index contributed by atoms with van der Waals surface area (Å²) in [5.41, 5.74) is -0.667. The number of carboxylic acids is 1. The maximum atomic E-state index is 12.6. The molecule has 1 atom stereocenters. The molecule has 1 aromatic carbocycles. The second-order valence-corrected chi connectivity index (χ2v) is 5.96. The third kappa shape index (κ3) is 2.52. The summed E-state index contributed by atoms with van der Waals surface area (Å²) in [5, 5.41) is 9.41. The van der Waals surface area contributed by atoms with E-state index in [2.05, 4.69) is 0 Å². The van der Waals surface area contributed by atoms with E-state index in [1.54, 1.807) is 31.2 Å². The molecule has 0 spiro atoms. The van der Waals surface area contributed by atoms with Gasteiger partial charge in [0.05, 0.1) is 5.69 Å². The van der Waals surface area contributed by atoms with Gasteiger partial charge in [0.25, 0.3) is 5.91 Å². The van der Waals surface area contributed by atoms with Crippen molar-refractivity contribution in [1.82, 2.24) is 4.90 Å². The summed E-state index contributed by atoms with van der Waals surface area (Å²) < 4.78 is 5.34. The lowest BCUT2D eigenvalue weighted by molar-refractivity contribution is -0.154. The highest BCUT2D eigenvalue weighted by molar-refractivity contribution is 6.02. The zero-order valence-corrected chi connectivity index (χ0v) is 12.8. The minimum absolute atomic E-state index is 0.125. The number of ether oxygens (including phenoxy) is 1. The third-order valence-corrected chi connectivity index (χ3v) is 4.50. The van der Waals surface area contributed by atoms with E-state index in [0.29, 0.717) is 30.8 Å². The number of nitrogens with zero attached hydrogens (tertiary/aromatic N) is 2. The second-order valence-electron chi connectivity index (χ2n) is 5.96. The van der Waals surface area contributed by atoms with Crippen molar-refractivity contribution in [3.8, 4) is 5.75 Å². The van der Waals surface area contributed by atoms with Crippen molar-refractivity contribution in [2.45, 2.75) is 25.3 Å². The van der Waals surface area contributed by atoms with E-state index >= 15 is 0 Å². The average Bonchev–Trinajstić information content (AvgIpc) is 2.93. The van der Waals surface area contributed by atoms with Crippen molar-refractivity contribution in [3.63, 3.8) is 0 Å². The number of likely N-dealkylation sites (tertiary alicyclic amines) is 1. The molecule has 1 N–H and O–H groups in total. The normalized spacial score (nSPS) is 23.4. The maximum Gasteiger partial charge on any atom is 0.329 e. The van der Waals surface area contributed by atoms with Crippen molar-refractivity contribution in [3.05, 3.63) is 24.3 Å². The van der Waals surface area contributed by atoms with E-state index in [9.17, 15) is 19.5 Å². The number of carbonyl (C=O) groups is 3. The van der Waals surface area contributed by atoms with Crippen molar-refractivity contribution >= 4 is 23.5 Å². The van der Waals surface area contributed by atoms with Gasteiger partial charge in [-0.1, -0.05) is 12.1 Å². The molecule has 7 nitrogen and oxygen atoms in total. The Morgan fingerprint density at radius 2 is 2.09 bits per heavy atom. The third-order valence-electron chi connectivity index (χ3n) is 4.50. The molecule has 0 aromatic heterocycles. The molecule has 7 heteroatoms. The Labute approximate surface area is 133 Å². The summed E-state index contributed by atoms with van der Waals surface area (Å²) in [7, 11) is 0. The number of fused-ring (bicyclic) bond motifs is 1. The number of hydrogen-bond donors (Lipinski definition) is 1. The van der Waals surface area contributed by atoms with E-state index in [1.807, 2.05) is 0 Å². The molecule has 1 fully saturated rings. The molecule has 1 aromatic rings. The molecule has 1 unspecified atom stereocenters. The standard InChI is InChI=1S/C16H18N2O5/c1-16(15(21)22)7-4-8-18(16)13(19)9-17-11-5-2-3-6-12(11)23-10-14(17)20/h2-3,5-6H,4,7-10H2,1H3,(H,21,22). The Bertz CT molecular complexity index is 674. The van der Waals surface area contributed by atoms with Crippen LogP contribution in [0, 0.1) is 0 Å². The molecule has 0 aliphatic carbocycles. The van der Waals surface area contributed by atoms with E-state index in [4.69, 9.17) is 4.74 Å². The molecule has 0 bridgehead atoms. The van der Waals surface area contributed by atoms with E-state index in [0.717, 1.165) is 0 Å². The molecule has 122 valence electrons. The lowest BCUT2D eigenvalue weighted by Crippen LogP contribution is -2.54. The lowest BCUT2D eigenvalue weighted by Gasteiger charge is -2.34. The smallest absolute Gasteiger partial charge is 0.329 e. The topological polar surface area (TPSA) is 87.2 Å². The first-order chi connectivity index (χ1) is 10.9. The Balaban J connectivity index is 1.83. The van der Waals surface area contributed by atoms with E-state index < -0.39 is 11.5 Å². The summed E-state index contributed by atoms with van der Waals surface area (Å²) in [6.45, 7) is 1.64. The molecule has 0 saturated carbocycles. The molecule has 3 rings (SSSR count). The van der Waals surface area contributed by atoms with Crippen LogP contribution in [-0.2, 0) is 14.4 Å². The molecular formula is C16H18N2O5. The number of carboxylic acid groups (broad SMARTS) is 1. The van der Waals surface area contributed by atoms with Crippen LogP contribution in [0.15, 0.2) is 24.3 Å². The number of amides is 2. The first-order valence-electron chi connectivity index (χ1n) is 7.49. The fourth-order valence-electron chi connectivity index (χ4n) is 3.13. The quantitative estimate of drug-likeness (QED) is 0.894. The predicted octanol–water partition coefficient (Wildman–Crippen LogP) is 0.878. The first-order valence-corrected chi connectivity index (χ1v) is 7.49. The van der Waals surface area contributed by atoms with Crippen LogP contribution in [0.2, 0.25) is 0 Å². The monoisotopic (exact) mass is 318 g/mol. The molecule has 2 aliphatic rings. The predicted molar refractivity (Wildman–Crippen MR) is 81.3 cm³/mol. The van der Waals surface area contributed by atoms with Gasteiger partial charge in [-0.2, -0.15) is 0 Å². The number of aliphatic carboxylic acids is 1. The van der Waals surface area contributed by atoms with Crippen LogP contribution >= 0.6 is 0 Å². The molecule has 0 radical (unpaired) electrons. The Hall–Kier alpha value is -2.57. The van der Waals surface area contributed by atoms with Gasteiger partial charge in [-0.05, 0) is 31.9 Å².